The molecule has 0 saturated heterocycles. The van der Waals surface area contributed by atoms with Gasteiger partial charge >= 0.3 is 0 Å². The molecule has 0 nitrogen and oxygen atoms in total. The zero-order valence-corrected chi connectivity index (χ0v) is 10.6. The normalized spacial score (nSPS) is 16.4. The molecule has 2 atom stereocenters. The lowest BCUT2D eigenvalue weighted by molar-refractivity contribution is 0.494. The molecule has 0 fully saturated rings. The molecule has 0 aromatic carbocycles. The second-order valence-corrected chi connectivity index (χ2v) is 4.80. The summed E-state index contributed by atoms with van der Waals surface area (Å²) in [5.41, 5.74) is 0. The SMILES string of the molecule is CCCCC(CBr)C(Br)CC. The van der Waals surface area contributed by atoms with Crippen molar-refractivity contribution in [3.05, 3.63) is 0 Å². The molecule has 11 heavy (non-hydrogen) atoms. The highest BCUT2D eigenvalue weighted by atomic mass is 79.9. The van der Waals surface area contributed by atoms with Crippen LogP contribution in [0.15, 0.2) is 0 Å². The molecular formula is C9H18Br2. The van der Waals surface area contributed by atoms with E-state index in [2.05, 4.69) is 45.7 Å². The minimum Gasteiger partial charge on any atom is -0.0925 e. The zero-order chi connectivity index (χ0) is 8.69. The largest absolute Gasteiger partial charge is 0.0925 e. The smallest absolute Gasteiger partial charge is 0.0179 e. The number of alkyl halides is 2. The van der Waals surface area contributed by atoms with Crippen LogP contribution in [-0.2, 0) is 0 Å². The average molecular weight is 286 g/mol. The van der Waals surface area contributed by atoms with E-state index in [0.717, 1.165) is 11.2 Å². The highest BCUT2D eigenvalue weighted by Crippen LogP contribution is 2.23. The summed E-state index contributed by atoms with van der Waals surface area (Å²) < 4.78 is 0. The van der Waals surface area contributed by atoms with Crippen molar-refractivity contribution in [3.63, 3.8) is 0 Å². The second-order valence-electron chi connectivity index (χ2n) is 2.98. The number of hydrogen-bond donors (Lipinski definition) is 0. The van der Waals surface area contributed by atoms with Gasteiger partial charge < -0.3 is 0 Å². The Morgan fingerprint density at radius 3 is 2.27 bits per heavy atom. The second kappa shape index (κ2) is 7.60. The average Bonchev–Trinajstić information content (AvgIpc) is 2.05. The fraction of sp³-hybridized carbons (Fsp3) is 1.00. The summed E-state index contributed by atoms with van der Waals surface area (Å²) in [5, 5.41) is 1.14. The molecule has 0 aliphatic heterocycles. The molecule has 68 valence electrons. The van der Waals surface area contributed by atoms with Crippen molar-refractivity contribution in [2.75, 3.05) is 5.33 Å². The Balaban J connectivity index is 3.56. The number of rotatable bonds is 6. The maximum absolute atomic E-state index is 3.70. The third kappa shape index (κ3) is 5.24. The Bertz CT molecular complexity index is 83.6. The van der Waals surface area contributed by atoms with Crippen LogP contribution in [0.3, 0.4) is 0 Å². The number of halogens is 2. The van der Waals surface area contributed by atoms with Crippen LogP contribution in [0.2, 0.25) is 0 Å². The Labute approximate surface area is 87.4 Å². The standard InChI is InChI=1S/C9H18Br2/c1-3-5-6-8(7-10)9(11)4-2/h8-9H,3-7H2,1-2H3. The van der Waals surface area contributed by atoms with Gasteiger partial charge in [0.2, 0.25) is 0 Å². The summed E-state index contributed by atoms with van der Waals surface area (Å²) in [6.45, 7) is 4.49. The van der Waals surface area contributed by atoms with Gasteiger partial charge in [-0.15, -0.1) is 0 Å². The van der Waals surface area contributed by atoms with Crippen molar-refractivity contribution in [1.82, 2.24) is 0 Å². The predicted octanol–water partition coefficient (Wildman–Crippen LogP) is 4.36. The van der Waals surface area contributed by atoms with E-state index in [1.807, 2.05) is 0 Å². The van der Waals surface area contributed by atoms with Gasteiger partial charge in [-0.3, -0.25) is 0 Å². The van der Waals surface area contributed by atoms with Gasteiger partial charge in [-0.1, -0.05) is 58.5 Å². The summed E-state index contributed by atoms with van der Waals surface area (Å²) in [7, 11) is 0. The van der Waals surface area contributed by atoms with Crippen molar-refractivity contribution in [1.29, 1.82) is 0 Å². The molecule has 0 spiro atoms. The Kier molecular flexibility index (Phi) is 8.26. The molecular weight excluding hydrogens is 268 g/mol. The van der Waals surface area contributed by atoms with Gasteiger partial charge in [0.25, 0.3) is 0 Å². The summed E-state index contributed by atoms with van der Waals surface area (Å²) >= 11 is 7.26. The first-order valence-electron chi connectivity index (χ1n) is 4.46. The molecule has 2 heteroatoms. The minimum absolute atomic E-state index is 0.702. The maximum atomic E-state index is 3.70. The summed E-state index contributed by atoms with van der Waals surface area (Å²) in [6, 6.07) is 0. The van der Waals surface area contributed by atoms with Crippen molar-refractivity contribution in [3.8, 4) is 0 Å². The predicted molar refractivity (Wildman–Crippen MR) is 59.8 cm³/mol. The Morgan fingerprint density at radius 2 is 1.91 bits per heavy atom. The van der Waals surface area contributed by atoms with Crippen LogP contribution in [0, 0.1) is 5.92 Å². The third-order valence-electron chi connectivity index (χ3n) is 2.03. The quantitative estimate of drug-likeness (QED) is 0.636. The molecule has 0 rings (SSSR count). The topological polar surface area (TPSA) is 0 Å². The maximum Gasteiger partial charge on any atom is 0.0179 e. The number of hydrogen-bond acceptors (Lipinski definition) is 0. The van der Waals surface area contributed by atoms with Crippen LogP contribution in [-0.4, -0.2) is 10.2 Å². The van der Waals surface area contributed by atoms with E-state index in [9.17, 15) is 0 Å². The lowest BCUT2D eigenvalue weighted by Gasteiger charge is -2.18. The molecule has 0 heterocycles. The highest BCUT2D eigenvalue weighted by molar-refractivity contribution is 9.10. The fourth-order valence-electron chi connectivity index (χ4n) is 1.15. The van der Waals surface area contributed by atoms with Gasteiger partial charge in [-0.2, -0.15) is 0 Å². The van der Waals surface area contributed by atoms with E-state index in [4.69, 9.17) is 0 Å². The van der Waals surface area contributed by atoms with Crippen molar-refractivity contribution < 1.29 is 0 Å². The highest BCUT2D eigenvalue weighted by Gasteiger charge is 2.14. The van der Waals surface area contributed by atoms with Gasteiger partial charge in [-0.05, 0) is 18.8 Å². The first-order valence-corrected chi connectivity index (χ1v) is 6.49. The minimum atomic E-state index is 0.702. The van der Waals surface area contributed by atoms with Crippen molar-refractivity contribution in [2.24, 2.45) is 5.92 Å². The fourth-order valence-corrected chi connectivity index (χ4v) is 2.88. The monoisotopic (exact) mass is 284 g/mol. The Hall–Kier alpha value is 0.960. The summed E-state index contributed by atoms with van der Waals surface area (Å²) in [4.78, 5) is 0.702. The molecule has 0 aliphatic rings. The van der Waals surface area contributed by atoms with Crippen LogP contribution < -0.4 is 0 Å². The van der Waals surface area contributed by atoms with Crippen molar-refractivity contribution in [2.45, 2.75) is 44.4 Å². The first kappa shape index (κ1) is 12.0. The molecule has 0 saturated carbocycles. The van der Waals surface area contributed by atoms with Crippen LogP contribution in [0.25, 0.3) is 0 Å². The van der Waals surface area contributed by atoms with Crippen LogP contribution >= 0.6 is 31.9 Å². The van der Waals surface area contributed by atoms with E-state index >= 15 is 0 Å². The molecule has 0 amide bonds. The molecule has 0 bridgehead atoms. The van der Waals surface area contributed by atoms with E-state index in [1.54, 1.807) is 0 Å². The molecule has 0 aromatic heterocycles. The summed E-state index contributed by atoms with van der Waals surface area (Å²) in [6.07, 6.45) is 5.26. The van der Waals surface area contributed by atoms with Gasteiger partial charge in [0.15, 0.2) is 0 Å². The lowest BCUT2D eigenvalue weighted by Crippen LogP contribution is -2.14. The van der Waals surface area contributed by atoms with Gasteiger partial charge in [0, 0.05) is 10.2 Å². The zero-order valence-electron chi connectivity index (χ0n) is 7.45. The van der Waals surface area contributed by atoms with Gasteiger partial charge in [0.05, 0.1) is 0 Å². The summed E-state index contributed by atoms with van der Waals surface area (Å²) in [5.74, 6) is 0.819. The number of unbranched alkanes of at least 4 members (excludes halogenated alkanes) is 1. The first-order chi connectivity index (χ1) is 5.26. The van der Waals surface area contributed by atoms with E-state index in [1.165, 1.54) is 25.7 Å². The molecule has 0 radical (unpaired) electrons. The Morgan fingerprint density at radius 1 is 1.27 bits per heavy atom. The van der Waals surface area contributed by atoms with Crippen LogP contribution in [0.4, 0.5) is 0 Å². The lowest BCUT2D eigenvalue weighted by atomic mass is 9.99. The van der Waals surface area contributed by atoms with Crippen LogP contribution in [0.1, 0.15) is 39.5 Å². The van der Waals surface area contributed by atoms with E-state index < -0.39 is 0 Å². The van der Waals surface area contributed by atoms with E-state index in [-0.39, 0.29) is 0 Å². The van der Waals surface area contributed by atoms with Crippen LogP contribution in [0.5, 0.6) is 0 Å². The third-order valence-corrected chi connectivity index (χ3v) is 4.25. The van der Waals surface area contributed by atoms with Gasteiger partial charge in [0.1, 0.15) is 0 Å². The molecule has 0 aromatic rings. The van der Waals surface area contributed by atoms with Crippen molar-refractivity contribution >= 4 is 31.9 Å². The molecule has 0 N–H and O–H groups in total. The van der Waals surface area contributed by atoms with E-state index in [0.29, 0.717) is 4.83 Å². The molecule has 0 aliphatic carbocycles. The van der Waals surface area contributed by atoms with Gasteiger partial charge in [-0.25, -0.2) is 0 Å². The molecule has 2 unspecified atom stereocenters.